The van der Waals surface area contributed by atoms with E-state index < -0.39 is 6.43 Å². The molecule has 2 atom stereocenters. The first kappa shape index (κ1) is 9.38. The van der Waals surface area contributed by atoms with E-state index in [1.54, 1.807) is 0 Å². The van der Waals surface area contributed by atoms with Gasteiger partial charge in [-0.2, -0.15) is 0 Å². The molecule has 0 aromatic rings. The average molecular weight is 189 g/mol. The van der Waals surface area contributed by atoms with Crippen molar-refractivity contribution in [2.45, 2.75) is 57.7 Å². The molecule has 1 heterocycles. The number of hydrogen-bond donors (Lipinski definition) is 0. The predicted molar refractivity (Wildman–Crippen MR) is 47.9 cm³/mol. The fourth-order valence-electron chi connectivity index (χ4n) is 2.83. The summed E-state index contributed by atoms with van der Waals surface area (Å²) in [6.07, 6.45) is 0.567. The minimum absolute atomic E-state index is 0.315. The van der Waals surface area contributed by atoms with E-state index in [0.29, 0.717) is 31.0 Å². The topological polar surface area (TPSA) is 3.24 Å². The van der Waals surface area contributed by atoms with Gasteiger partial charge in [0.25, 0.3) is 0 Å². The van der Waals surface area contributed by atoms with Gasteiger partial charge in [0.1, 0.15) is 0 Å². The summed E-state index contributed by atoms with van der Waals surface area (Å²) in [4.78, 5) is 2.40. The highest BCUT2D eigenvalue weighted by Crippen LogP contribution is 2.41. The molecule has 0 radical (unpaired) electrons. The molecule has 1 aliphatic carbocycles. The molecule has 2 aliphatic rings. The first-order valence-corrected chi connectivity index (χ1v) is 5.15. The van der Waals surface area contributed by atoms with Crippen LogP contribution >= 0.6 is 0 Å². The Kier molecular flexibility index (Phi) is 2.30. The van der Waals surface area contributed by atoms with Crippen LogP contribution in [0.2, 0.25) is 0 Å². The standard InChI is InChI=1S/C10H17F2N/c1-6-3-7(2)13(6)9-4-8(5-9)10(11)12/h6-10H,3-5H2,1-2H3. The SMILES string of the molecule is CC1CC(C)N1C1CC(C(F)F)C1. The van der Waals surface area contributed by atoms with Gasteiger partial charge in [0.05, 0.1) is 0 Å². The van der Waals surface area contributed by atoms with Crippen LogP contribution in [0.1, 0.15) is 33.1 Å². The van der Waals surface area contributed by atoms with Gasteiger partial charge in [0, 0.05) is 24.0 Å². The molecule has 1 aliphatic heterocycles. The normalized spacial score (nSPS) is 45.9. The molecule has 0 aromatic heterocycles. The highest BCUT2D eigenvalue weighted by Gasteiger charge is 2.45. The van der Waals surface area contributed by atoms with Crippen molar-refractivity contribution in [1.82, 2.24) is 4.90 Å². The molecular formula is C10H17F2N. The summed E-state index contributed by atoms with van der Waals surface area (Å²) in [6.45, 7) is 4.38. The third-order valence-electron chi connectivity index (χ3n) is 3.63. The largest absolute Gasteiger partial charge is 0.295 e. The third kappa shape index (κ3) is 1.47. The number of nitrogens with zero attached hydrogens (tertiary/aromatic N) is 1. The van der Waals surface area contributed by atoms with Crippen LogP contribution in [0.4, 0.5) is 8.78 Å². The lowest BCUT2D eigenvalue weighted by Crippen LogP contribution is -2.61. The third-order valence-corrected chi connectivity index (χ3v) is 3.63. The fraction of sp³-hybridized carbons (Fsp3) is 1.00. The molecule has 1 saturated carbocycles. The quantitative estimate of drug-likeness (QED) is 0.645. The molecule has 0 spiro atoms. The second-order valence-electron chi connectivity index (χ2n) is 4.60. The Hall–Kier alpha value is -0.180. The van der Waals surface area contributed by atoms with Crippen molar-refractivity contribution in [2.24, 2.45) is 5.92 Å². The zero-order chi connectivity index (χ0) is 9.59. The van der Waals surface area contributed by atoms with Gasteiger partial charge in [-0.15, -0.1) is 0 Å². The smallest absolute Gasteiger partial charge is 0.241 e. The average Bonchev–Trinajstić information content (AvgIpc) is 1.94. The molecule has 76 valence electrons. The van der Waals surface area contributed by atoms with Gasteiger partial charge in [-0.3, -0.25) is 4.90 Å². The molecule has 1 saturated heterocycles. The minimum Gasteiger partial charge on any atom is -0.295 e. The molecule has 0 aromatic carbocycles. The zero-order valence-corrected chi connectivity index (χ0v) is 8.21. The maximum absolute atomic E-state index is 12.2. The molecular weight excluding hydrogens is 172 g/mol. The lowest BCUT2D eigenvalue weighted by atomic mass is 9.76. The summed E-state index contributed by atoms with van der Waals surface area (Å²) in [5, 5.41) is 0. The van der Waals surface area contributed by atoms with Crippen LogP contribution in [-0.4, -0.2) is 29.5 Å². The van der Waals surface area contributed by atoms with Crippen molar-refractivity contribution in [1.29, 1.82) is 0 Å². The van der Waals surface area contributed by atoms with E-state index in [-0.39, 0.29) is 5.92 Å². The Morgan fingerprint density at radius 2 is 1.62 bits per heavy atom. The van der Waals surface area contributed by atoms with Crippen LogP contribution < -0.4 is 0 Å². The Morgan fingerprint density at radius 3 is 2.00 bits per heavy atom. The lowest BCUT2D eigenvalue weighted by molar-refractivity contribution is -0.0885. The second kappa shape index (κ2) is 3.19. The lowest BCUT2D eigenvalue weighted by Gasteiger charge is -2.55. The summed E-state index contributed by atoms with van der Waals surface area (Å²) in [6, 6.07) is 1.70. The van der Waals surface area contributed by atoms with Gasteiger partial charge in [0.2, 0.25) is 6.43 Å². The van der Waals surface area contributed by atoms with Crippen LogP contribution in [0.25, 0.3) is 0 Å². The Balaban J connectivity index is 1.80. The van der Waals surface area contributed by atoms with Gasteiger partial charge >= 0.3 is 0 Å². The van der Waals surface area contributed by atoms with Crippen LogP contribution in [0.15, 0.2) is 0 Å². The molecule has 1 nitrogen and oxygen atoms in total. The number of halogens is 2. The van der Waals surface area contributed by atoms with E-state index in [0.717, 1.165) is 0 Å². The van der Waals surface area contributed by atoms with Gasteiger partial charge in [-0.25, -0.2) is 8.78 Å². The fourth-order valence-corrected chi connectivity index (χ4v) is 2.83. The number of hydrogen-bond acceptors (Lipinski definition) is 1. The zero-order valence-electron chi connectivity index (χ0n) is 8.21. The molecule has 13 heavy (non-hydrogen) atoms. The second-order valence-corrected chi connectivity index (χ2v) is 4.60. The number of alkyl halides is 2. The van der Waals surface area contributed by atoms with Gasteiger partial charge < -0.3 is 0 Å². The highest BCUT2D eigenvalue weighted by molar-refractivity contribution is 4.98. The van der Waals surface area contributed by atoms with E-state index >= 15 is 0 Å². The first-order valence-electron chi connectivity index (χ1n) is 5.15. The van der Waals surface area contributed by atoms with Crippen molar-refractivity contribution in [3.8, 4) is 0 Å². The first-order chi connectivity index (χ1) is 6.09. The monoisotopic (exact) mass is 189 g/mol. The maximum Gasteiger partial charge on any atom is 0.241 e. The summed E-state index contributed by atoms with van der Waals surface area (Å²) in [5.41, 5.74) is 0. The molecule has 0 bridgehead atoms. The van der Waals surface area contributed by atoms with Gasteiger partial charge in [-0.05, 0) is 33.1 Å². The van der Waals surface area contributed by atoms with E-state index in [9.17, 15) is 8.78 Å². The van der Waals surface area contributed by atoms with Crippen molar-refractivity contribution in [2.75, 3.05) is 0 Å². The number of likely N-dealkylation sites (tertiary alicyclic amines) is 1. The summed E-state index contributed by atoms with van der Waals surface area (Å²) < 4.78 is 24.4. The predicted octanol–water partition coefficient (Wildman–Crippen LogP) is 2.51. The Morgan fingerprint density at radius 1 is 1.08 bits per heavy atom. The summed E-state index contributed by atoms with van der Waals surface area (Å²) >= 11 is 0. The van der Waals surface area contributed by atoms with E-state index in [4.69, 9.17) is 0 Å². The highest BCUT2D eigenvalue weighted by atomic mass is 19.3. The van der Waals surface area contributed by atoms with Crippen LogP contribution in [0.5, 0.6) is 0 Å². The van der Waals surface area contributed by atoms with Crippen molar-refractivity contribution < 1.29 is 8.78 Å². The minimum atomic E-state index is -2.09. The van der Waals surface area contributed by atoms with Crippen LogP contribution in [0.3, 0.4) is 0 Å². The Bertz CT molecular complexity index is 181. The number of rotatable bonds is 2. The van der Waals surface area contributed by atoms with Crippen LogP contribution in [-0.2, 0) is 0 Å². The molecule has 3 heteroatoms. The van der Waals surface area contributed by atoms with Crippen LogP contribution in [0, 0.1) is 5.92 Å². The maximum atomic E-state index is 12.2. The van der Waals surface area contributed by atoms with Crippen molar-refractivity contribution in [3.05, 3.63) is 0 Å². The molecule has 0 N–H and O–H groups in total. The molecule has 0 amide bonds. The molecule has 2 unspecified atom stereocenters. The summed E-state index contributed by atoms with van der Waals surface area (Å²) in [7, 11) is 0. The summed E-state index contributed by atoms with van der Waals surface area (Å²) in [5.74, 6) is -0.315. The van der Waals surface area contributed by atoms with Crippen molar-refractivity contribution >= 4 is 0 Å². The van der Waals surface area contributed by atoms with E-state index in [2.05, 4.69) is 18.7 Å². The van der Waals surface area contributed by atoms with E-state index in [1.807, 2.05) is 0 Å². The van der Waals surface area contributed by atoms with Gasteiger partial charge in [-0.1, -0.05) is 0 Å². The van der Waals surface area contributed by atoms with Crippen molar-refractivity contribution in [3.63, 3.8) is 0 Å². The van der Waals surface area contributed by atoms with Gasteiger partial charge in [0.15, 0.2) is 0 Å². The molecule has 2 rings (SSSR count). The Labute approximate surface area is 78.1 Å². The molecule has 2 fully saturated rings. The van der Waals surface area contributed by atoms with E-state index in [1.165, 1.54) is 6.42 Å².